The fraction of sp³-hybridized carbons (Fsp3) is 0.929. The maximum Gasteiger partial charge on any atom is 0.239 e. The topological polar surface area (TPSA) is 41.6 Å². The minimum absolute atomic E-state index is 0.0368. The van der Waals surface area contributed by atoms with Crippen LogP contribution in [0.3, 0.4) is 0 Å². The molecule has 104 valence electrons. The number of carbonyl (C=O) groups is 1. The van der Waals surface area contributed by atoms with Crippen LogP contribution in [0.5, 0.6) is 0 Å². The zero-order valence-corrected chi connectivity index (χ0v) is 11.9. The molecule has 2 heterocycles. The van der Waals surface area contributed by atoms with Gasteiger partial charge < -0.3 is 15.0 Å². The average Bonchev–Trinajstić information content (AvgIpc) is 2.31. The highest BCUT2D eigenvalue weighted by atomic mass is 16.5. The van der Waals surface area contributed by atoms with Gasteiger partial charge >= 0.3 is 0 Å². The molecule has 0 bridgehead atoms. The maximum atomic E-state index is 12.4. The Hall–Kier alpha value is -0.610. The van der Waals surface area contributed by atoms with E-state index in [1.165, 1.54) is 0 Å². The molecule has 2 fully saturated rings. The SMILES string of the molecule is CCNC1CCCN(C2CCOC(C)(C)C2)C1=O. The molecule has 2 aliphatic heterocycles. The summed E-state index contributed by atoms with van der Waals surface area (Å²) in [7, 11) is 0. The summed E-state index contributed by atoms with van der Waals surface area (Å²) in [6, 6.07) is 0.400. The average molecular weight is 254 g/mol. The molecule has 0 spiro atoms. The van der Waals surface area contributed by atoms with Crippen LogP contribution >= 0.6 is 0 Å². The lowest BCUT2D eigenvalue weighted by Gasteiger charge is -2.44. The van der Waals surface area contributed by atoms with E-state index in [9.17, 15) is 4.79 Å². The first kappa shape index (κ1) is 13.8. The van der Waals surface area contributed by atoms with Crippen molar-refractivity contribution in [1.29, 1.82) is 0 Å². The van der Waals surface area contributed by atoms with Crippen LogP contribution in [0, 0.1) is 0 Å². The molecule has 1 amide bonds. The third-order valence-corrected chi connectivity index (χ3v) is 4.04. The number of ether oxygens (including phenoxy) is 1. The van der Waals surface area contributed by atoms with Crippen molar-refractivity contribution in [2.75, 3.05) is 19.7 Å². The number of amides is 1. The van der Waals surface area contributed by atoms with Crippen molar-refractivity contribution in [3.63, 3.8) is 0 Å². The zero-order valence-electron chi connectivity index (χ0n) is 11.9. The molecule has 0 aliphatic carbocycles. The normalized spacial score (nSPS) is 32.6. The van der Waals surface area contributed by atoms with Gasteiger partial charge in [0.2, 0.25) is 5.91 Å². The molecular weight excluding hydrogens is 228 g/mol. The molecule has 0 saturated carbocycles. The van der Waals surface area contributed by atoms with Gasteiger partial charge in [-0.1, -0.05) is 6.92 Å². The van der Waals surface area contributed by atoms with Crippen LogP contribution in [0.2, 0.25) is 0 Å². The van der Waals surface area contributed by atoms with E-state index >= 15 is 0 Å². The Labute approximate surface area is 110 Å². The largest absolute Gasteiger partial charge is 0.375 e. The van der Waals surface area contributed by atoms with Gasteiger partial charge in [0.1, 0.15) is 0 Å². The van der Waals surface area contributed by atoms with Crippen molar-refractivity contribution < 1.29 is 9.53 Å². The minimum Gasteiger partial charge on any atom is -0.375 e. The molecule has 0 aromatic carbocycles. The van der Waals surface area contributed by atoms with Gasteiger partial charge in [-0.3, -0.25) is 4.79 Å². The second-order valence-electron chi connectivity index (χ2n) is 6.04. The first-order chi connectivity index (χ1) is 8.53. The molecule has 2 atom stereocenters. The van der Waals surface area contributed by atoms with Gasteiger partial charge in [0.25, 0.3) is 0 Å². The summed E-state index contributed by atoms with van der Waals surface area (Å²) < 4.78 is 5.74. The highest BCUT2D eigenvalue weighted by Gasteiger charge is 2.37. The smallest absolute Gasteiger partial charge is 0.239 e. The van der Waals surface area contributed by atoms with Gasteiger partial charge in [0.05, 0.1) is 11.6 Å². The summed E-state index contributed by atoms with van der Waals surface area (Å²) in [4.78, 5) is 14.5. The van der Waals surface area contributed by atoms with Crippen LogP contribution in [0.15, 0.2) is 0 Å². The highest BCUT2D eigenvalue weighted by Crippen LogP contribution is 2.29. The van der Waals surface area contributed by atoms with Crippen LogP contribution in [0.25, 0.3) is 0 Å². The van der Waals surface area contributed by atoms with Crippen molar-refractivity contribution in [2.24, 2.45) is 0 Å². The fourth-order valence-corrected chi connectivity index (χ4v) is 3.16. The van der Waals surface area contributed by atoms with Crippen LogP contribution < -0.4 is 5.32 Å². The minimum atomic E-state index is -0.0890. The third kappa shape index (κ3) is 3.04. The van der Waals surface area contributed by atoms with Crippen LogP contribution in [-0.2, 0) is 9.53 Å². The number of hydrogen-bond acceptors (Lipinski definition) is 3. The lowest BCUT2D eigenvalue weighted by Crippen LogP contribution is -2.56. The number of likely N-dealkylation sites (N-methyl/N-ethyl adjacent to an activating group) is 1. The molecule has 0 aromatic rings. The van der Waals surface area contributed by atoms with Crippen molar-refractivity contribution >= 4 is 5.91 Å². The fourth-order valence-electron chi connectivity index (χ4n) is 3.16. The predicted molar refractivity (Wildman–Crippen MR) is 71.5 cm³/mol. The Morgan fingerprint density at radius 1 is 1.44 bits per heavy atom. The lowest BCUT2D eigenvalue weighted by molar-refractivity contribution is -0.145. The second-order valence-corrected chi connectivity index (χ2v) is 6.04. The summed E-state index contributed by atoms with van der Waals surface area (Å²) in [6.45, 7) is 8.85. The molecular formula is C14H26N2O2. The van der Waals surface area contributed by atoms with E-state index in [-0.39, 0.29) is 11.6 Å². The summed E-state index contributed by atoms with van der Waals surface area (Å²) >= 11 is 0. The molecule has 1 N–H and O–H groups in total. The molecule has 2 aliphatic rings. The van der Waals surface area contributed by atoms with Gasteiger partial charge in [-0.05, 0) is 46.1 Å². The van der Waals surface area contributed by atoms with Crippen molar-refractivity contribution in [1.82, 2.24) is 10.2 Å². The van der Waals surface area contributed by atoms with Crippen LogP contribution in [0.1, 0.15) is 46.5 Å². The molecule has 0 aromatic heterocycles. The van der Waals surface area contributed by atoms with E-state index in [4.69, 9.17) is 4.74 Å². The lowest BCUT2D eigenvalue weighted by atomic mass is 9.90. The van der Waals surface area contributed by atoms with Crippen molar-refractivity contribution in [2.45, 2.75) is 64.1 Å². The first-order valence-electron chi connectivity index (χ1n) is 7.21. The standard InChI is InChI=1S/C14H26N2O2/c1-4-15-12-6-5-8-16(13(12)17)11-7-9-18-14(2,3)10-11/h11-12,15H,4-10H2,1-3H3. The Bertz CT molecular complexity index is 302. The number of nitrogens with one attached hydrogen (secondary N) is 1. The molecule has 2 saturated heterocycles. The zero-order chi connectivity index (χ0) is 13.2. The van der Waals surface area contributed by atoms with Crippen LogP contribution in [-0.4, -0.2) is 48.2 Å². The van der Waals surface area contributed by atoms with Gasteiger partial charge in [0, 0.05) is 19.2 Å². The number of likely N-dealkylation sites (tertiary alicyclic amines) is 1. The van der Waals surface area contributed by atoms with Crippen molar-refractivity contribution in [3.8, 4) is 0 Å². The predicted octanol–water partition coefficient (Wildman–Crippen LogP) is 1.54. The second kappa shape index (κ2) is 5.57. The Morgan fingerprint density at radius 2 is 2.22 bits per heavy atom. The Kier molecular flexibility index (Phi) is 4.28. The summed E-state index contributed by atoms with van der Waals surface area (Å²) in [5.41, 5.74) is -0.0890. The molecule has 4 heteroatoms. The van der Waals surface area contributed by atoms with E-state index in [1.54, 1.807) is 0 Å². The molecule has 2 unspecified atom stereocenters. The van der Waals surface area contributed by atoms with E-state index in [1.807, 2.05) is 0 Å². The third-order valence-electron chi connectivity index (χ3n) is 4.04. The number of piperidine rings is 1. The Morgan fingerprint density at radius 3 is 2.89 bits per heavy atom. The number of hydrogen-bond donors (Lipinski definition) is 1. The summed E-state index contributed by atoms with van der Waals surface area (Å²) in [5, 5.41) is 3.30. The van der Waals surface area contributed by atoms with Gasteiger partial charge in [0.15, 0.2) is 0 Å². The number of rotatable bonds is 3. The van der Waals surface area contributed by atoms with Crippen LogP contribution in [0.4, 0.5) is 0 Å². The first-order valence-corrected chi connectivity index (χ1v) is 7.21. The van der Waals surface area contributed by atoms with Crippen molar-refractivity contribution in [3.05, 3.63) is 0 Å². The van der Waals surface area contributed by atoms with E-state index in [0.717, 1.165) is 45.4 Å². The number of nitrogens with zero attached hydrogens (tertiary/aromatic N) is 1. The van der Waals surface area contributed by atoms with Gasteiger partial charge in [-0.15, -0.1) is 0 Å². The van der Waals surface area contributed by atoms with E-state index < -0.39 is 0 Å². The molecule has 18 heavy (non-hydrogen) atoms. The maximum absolute atomic E-state index is 12.4. The molecule has 4 nitrogen and oxygen atoms in total. The summed E-state index contributed by atoms with van der Waals surface area (Å²) in [5.74, 6) is 0.297. The van der Waals surface area contributed by atoms with E-state index in [0.29, 0.717) is 11.9 Å². The molecule has 2 rings (SSSR count). The molecule has 0 radical (unpaired) electrons. The van der Waals surface area contributed by atoms with Gasteiger partial charge in [-0.25, -0.2) is 0 Å². The monoisotopic (exact) mass is 254 g/mol. The highest BCUT2D eigenvalue weighted by molar-refractivity contribution is 5.83. The Balaban J connectivity index is 2.01. The van der Waals surface area contributed by atoms with E-state index in [2.05, 4.69) is 31.0 Å². The summed E-state index contributed by atoms with van der Waals surface area (Å²) in [6.07, 6.45) is 4.03. The van der Waals surface area contributed by atoms with Gasteiger partial charge in [-0.2, -0.15) is 0 Å². The number of carbonyl (C=O) groups excluding carboxylic acids is 1. The quantitative estimate of drug-likeness (QED) is 0.831.